The van der Waals surface area contributed by atoms with Gasteiger partial charge in [0.15, 0.2) is 0 Å². The Labute approximate surface area is 138 Å². The van der Waals surface area contributed by atoms with E-state index in [9.17, 15) is 14.0 Å². The topological polar surface area (TPSA) is 55.4 Å². The second kappa shape index (κ2) is 8.33. The van der Waals surface area contributed by atoms with E-state index >= 15 is 0 Å². The van der Waals surface area contributed by atoms with E-state index in [2.05, 4.69) is 5.32 Å². The number of rotatable bonds is 6. The van der Waals surface area contributed by atoms with E-state index in [1.165, 1.54) is 18.2 Å². The Kier molecular flexibility index (Phi) is 6.17. The van der Waals surface area contributed by atoms with Crippen molar-refractivity contribution in [2.75, 3.05) is 12.8 Å². The number of nitrogens with one attached hydrogen (secondary N) is 1. The van der Waals surface area contributed by atoms with Crippen LogP contribution < -0.4 is 5.32 Å². The van der Waals surface area contributed by atoms with Crippen LogP contribution in [0.5, 0.6) is 0 Å². The third-order valence-electron chi connectivity index (χ3n) is 3.07. The van der Waals surface area contributed by atoms with Crippen LogP contribution in [0.2, 0.25) is 0 Å². The lowest BCUT2D eigenvalue weighted by Crippen LogP contribution is -2.31. The number of halogens is 1. The second-order valence-corrected chi connectivity index (χ2v) is 5.55. The van der Waals surface area contributed by atoms with E-state index < -0.39 is 17.7 Å². The Morgan fingerprint density at radius 3 is 2.48 bits per heavy atom. The summed E-state index contributed by atoms with van der Waals surface area (Å²) in [6.07, 6.45) is 1.98. The zero-order chi connectivity index (χ0) is 16.7. The number of hydrogen-bond acceptors (Lipinski definition) is 4. The first-order chi connectivity index (χ1) is 11.1. The highest BCUT2D eigenvalue weighted by molar-refractivity contribution is 7.98. The number of esters is 1. The molecule has 120 valence electrons. The van der Waals surface area contributed by atoms with Crippen molar-refractivity contribution in [3.05, 3.63) is 65.5 Å². The van der Waals surface area contributed by atoms with Crippen molar-refractivity contribution in [2.24, 2.45) is 0 Å². The fraction of sp³-hybridized carbons (Fsp3) is 0.176. The molecule has 0 bridgehead atoms. The minimum Gasteiger partial charge on any atom is -0.460 e. The monoisotopic (exact) mass is 333 g/mol. The lowest BCUT2D eigenvalue weighted by molar-refractivity contribution is -0.143. The summed E-state index contributed by atoms with van der Waals surface area (Å²) in [5.41, 5.74) is 0.754. The molecular formula is C17H16FNO3S. The first-order valence-corrected chi connectivity index (χ1v) is 8.14. The van der Waals surface area contributed by atoms with Crippen LogP contribution in [0, 0.1) is 5.82 Å². The Morgan fingerprint density at radius 1 is 1.13 bits per heavy atom. The van der Waals surface area contributed by atoms with Gasteiger partial charge in [-0.1, -0.05) is 24.3 Å². The number of benzene rings is 2. The molecule has 4 nitrogen and oxygen atoms in total. The van der Waals surface area contributed by atoms with Gasteiger partial charge in [-0.25, -0.2) is 4.39 Å². The molecule has 2 aromatic carbocycles. The van der Waals surface area contributed by atoms with Gasteiger partial charge in [-0.05, 0) is 36.1 Å². The molecule has 2 rings (SSSR count). The maximum absolute atomic E-state index is 13.4. The van der Waals surface area contributed by atoms with Crippen molar-refractivity contribution in [3.8, 4) is 0 Å². The van der Waals surface area contributed by atoms with Gasteiger partial charge < -0.3 is 10.1 Å². The van der Waals surface area contributed by atoms with Crippen molar-refractivity contribution in [1.82, 2.24) is 5.32 Å². The van der Waals surface area contributed by atoms with Crippen LogP contribution in [0.1, 0.15) is 15.9 Å². The maximum Gasteiger partial charge on any atom is 0.325 e. The van der Waals surface area contributed by atoms with Gasteiger partial charge in [0.05, 0.1) is 5.56 Å². The van der Waals surface area contributed by atoms with Crippen molar-refractivity contribution < 1.29 is 18.7 Å². The molecule has 0 unspecified atom stereocenters. The number of ether oxygens (including phenoxy) is 1. The standard InChI is InChI=1S/C17H16FNO3S/c1-23-13-8-6-12(7-9-13)11-22-16(20)10-19-17(21)14-4-2-3-5-15(14)18/h2-9H,10-11H2,1H3,(H,19,21). The number of hydrogen-bond donors (Lipinski definition) is 1. The van der Waals surface area contributed by atoms with Crippen molar-refractivity contribution in [3.63, 3.8) is 0 Å². The average Bonchev–Trinajstić information content (AvgIpc) is 2.58. The summed E-state index contributed by atoms with van der Waals surface area (Å²) in [5.74, 6) is -1.86. The smallest absolute Gasteiger partial charge is 0.325 e. The highest BCUT2D eigenvalue weighted by atomic mass is 32.2. The van der Waals surface area contributed by atoms with Crippen molar-refractivity contribution in [1.29, 1.82) is 0 Å². The summed E-state index contributed by atoms with van der Waals surface area (Å²) in [6, 6.07) is 13.2. The van der Waals surface area contributed by atoms with E-state index in [1.807, 2.05) is 30.5 Å². The first-order valence-electron chi connectivity index (χ1n) is 6.91. The Balaban J connectivity index is 1.78. The first kappa shape index (κ1) is 17.0. The molecule has 0 spiro atoms. The lowest BCUT2D eigenvalue weighted by Gasteiger charge is -2.07. The minimum absolute atomic E-state index is 0.104. The van der Waals surface area contributed by atoms with E-state index in [0.29, 0.717) is 0 Å². The fourth-order valence-corrected chi connectivity index (χ4v) is 2.24. The van der Waals surface area contributed by atoms with Crippen LogP contribution in [0.25, 0.3) is 0 Å². The van der Waals surface area contributed by atoms with E-state index in [0.717, 1.165) is 10.5 Å². The number of carbonyl (C=O) groups excluding carboxylic acids is 2. The molecule has 0 saturated heterocycles. The summed E-state index contributed by atoms with van der Waals surface area (Å²) in [5, 5.41) is 2.34. The van der Waals surface area contributed by atoms with Gasteiger partial charge in [-0.2, -0.15) is 0 Å². The SMILES string of the molecule is CSc1ccc(COC(=O)CNC(=O)c2ccccc2F)cc1. The normalized spacial score (nSPS) is 10.2. The Bertz CT molecular complexity index is 688. The van der Waals surface area contributed by atoms with E-state index in [1.54, 1.807) is 17.8 Å². The van der Waals surface area contributed by atoms with Crippen LogP contribution >= 0.6 is 11.8 Å². The molecule has 1 N–H and O–H groups in total. The fourth-order valence-electron chi connectivity index (χ4n) is 1.83. The molecule has 2 aromatic rings. The second-order valence-electron chi connectivity index (χ2n) is 4.67. The average molecular weight is 333 g/mol. The molecule has 0 aliphatic heterocycles. The predicted molar refractivity (Wildman–Crippen MR) is 86.8 cm³/mol. The van der Waals surface area contributed by atoms with Gasteiger partial charge >= 0.3 is 5.97 Å². The molecule has 6 heteroatoms. The molecule has 0 radical (unpaired) electrons. The number of amides is 1. The van der Waals surface area contributed by atoms with Gasteiger partial charge in [-0.3, -0.25) is 9.59 Å². The predicted octanol–water partition coefficient (Wildman–Crippen LogP) is 3.02. The van der Waals surface area contributed by atoms with Crippen LogP contribution in [-0.4, -0.2) is 24.7 Å². The summed E-state index contributed by atoms with van der Waals surface area (Å²) < 4.78 is 18.5. The quantitative estimate of drug-likeness (QED) is 0.652. The van der Waals surface area contributed by atoms with Crippen LogP contribution in [0.15, 0.2) is 53.4 Å². The van der Waals surface area contributed by atoms with E-state index in [-0.39, 0.29) is 18.7 Å². The van der Waals surface area contributed by atoms with Crippen LogP contribution in [-0.2, 0) is 16.1 Å². The number of thioether (sulfide) groups is 1. The molecule has 0 fully saturated rings. The molecule has 0 atom stereocenters. The third-order valence-corrected chi connectivity index (χ3v) is 3.81. The summed E-state index contributed by atoms with van der Waals surface area (Å²) in [6.45, 7) is -0.181. The third kappa shape index (κ3) is 5.10. The van der Waals surface area contributed by atoms with Gasteiger partial charge in [0, 0.05) is 4.90 Å². The molecule has 0 saturated carbocycles. The molecule has 0 aliphatic carbocycles. The molecule has 0 heterocycles. The maximum atomic E-state index is 13.4. The van der Waals surface area contributed by atoms with Gasteiger partial charge in [0.2, 0.25) is 0 Å². The highest BCUT2D eigenvalue weighted by Crippen LogP contribution is 2.15. The number of carbonyl (C=O) groups is 2. The Morgan fingerprint density at radius 2 is 1.83 bits per heavy atom. The summed E-state index contributed by atoms with van der Waals surface area (Å²) in [4.78, 5) is 24.5. The van der Waals surface area contributed by atoms with Crippen molar-refractivity contribution >= 4 is 23.6 Å². The molecule has 1 amide bonds. The molecule has 23 heavy (non-hydrogen) atoms. The largest absolute Gasteiger partial charge is 0.460 e. The molecular weight excluding hydrogens is 317 g/mol. The summed E-state index contributed by atoms with van der Waals surface area (Å²) in [7, 11) is 0. The van der Waals surface area contributed by atoms with Gasteiger partial charge in [-0.15, -0.1) is 11.8 Å². The Hall–Kier alpha value is -2.34. The van der Waals surface area contributed by atoms with Gasteiger partial charge in [0.25, 0.3) is 5.91 Å². The molecule has 0 aliphatic rings. The highest BCUT2D eigenvalue weighted by Gasteiger charge is 2.12. The molecule has 0 aromatic heterocycles. The van der Waals surface area contributed by atoms with Gasteiger partial charge in [0.1, 0.15) is 19.0 Å². The van der Waals surface area contributed by atoms with Crippen LogP contribution in [0.4, 0.5) is 4.39 Å². The summed E-state index contributed by atoms with van der Waals surface area (Å²) >= 11 is 1.63. The lowest BCUT2D eigenvalue weighted by atomic mass is 10.2. The zero-order valence-corrected chi connectivity index (χ0v) is 13.4. The van der Waals surface area contributed by atoms with Crippen LogP contribution in [0.3, 0.4) is 0 Å². The zero-order valence-electron chi connectivity index (χ0n) is 12.5. The minimum atomic E-state index is -0.649. The van der Waals surface area contributed by atoms with E-state index in [4.69, 9.17) is 4.74 Å². The van der Waals surface area contributed by atoms with Crippen molar-refractivity contribution in [2.45, 2.75) is 11.5 Å².